The third-order valence-electron chi connectivity index (χ3n) is 3.09. The second-order valence-corrected chi connectivity index (χ2v) is 5.35. The first kappa shape index (κ1) is 14.2. The number of allylic oxidation sites excluding steroid dienone is 1. The van der Waals surface area contributed by atoms with Crippen LogP contribution in [0.1, 0.15) is 27.3 Å². The minimum absolute atomic E-state index is 0.0774. The smallest absolute Gasteiger partial charge is 0.244 e. The number of carbonyl (C=O) groups is 1. The van der Waals surface area contributed by atoms with E-state index in [0.29, 0.717) is 12.0 Å². The molecule has 0 saturated carbocycles. The van der Waals surface area contributed by atoms with Gasteiger partial charge in [-0.05, 0) is 28.1 Å². The first-order valence-electron chi connectivity index (χ1n) is 6.52. The molecule has 1 aromatic carbocycles. The summed E-state index contributed by atoms with van der Waals surface area (Å²) in [6.07, 6.45) is 1.80. The number of tetrazole rings is 1. The molecule has 2 heterocycles. The van der Waals surface area contributed by atoms with Gasteiger partial charge in [0.25, 0.3) is 0 Å². The lowest BCUT2D eigenvalue weighted by Gasteiger charge is -2.03. The van der Waals surface area contributed by atoms with Crippen LogP contribution in [-0.4, -0.2) is 31.5 Å². The molecule has 0 fully saturated rings. The van der Waals surface area contributed by atoms with E-state index in [2.05, 4.69) is 20.6 Å². The molecule has 0 saturated heterocycles. The molecular formula is C15H12N4O2S. The van der Waals surface area contributed by atoms with Crippen LogP contribution in [0.3, 0.4) is 0 Å². The van der Waals surface area contributed by atoms with E-state index in [4.69, 9.17) is 0 Å². The summed E-state index contributed by atoms with van der Waals surface area (Å²) in [7, 11) is 0. The summed E-state index contributed by atoms with van der Waals surface area (Å²) in [4.78, 5) is 11.9. The topological polar surface area (TPSA) is 91.8 Å². The van der Waals surface area contributed by atoms with Crippen molar-refractivity contribution in [2.75, 3.05) is 0 Å². The summed E-state index contributed by atoms with van der Waals surface area (Å²) in [5, 5.41) is 26.7. The molecule has 3 aromatic rings. The SMILES string of the molecule is O=C(C=C(O)c1cscc1Cc1ccccc1)c1nn[nH]n1. The van der Waals surface area contributed by atoms with Gasteiger partial charge in [0.2, 0.25) is 11.6 Å². The van der Waals surface area contributed by atoms with Gasteiger partial charge >= 0.3 is 0 Å². The normalized spacial score (nSPS) is 11.5. The molecule has 0 spiro atoms. The number of nitrogens with zero attached hydrogens (tertiary/aromatic N) is 3. The molecule has 2 aromatic heterocycles. The van der Waals surface area contributed by atoms with Crippen LogP contribution in [0, 0.1) is 0 Å². The molecule has 6 nitrogen and oxygen atoms in total. The number of rotatable bonds is 5. The van der Waals surface area contributed by atoms with Crippen LogP contribution >= 0.6 is 11.3 Å². The fourth-order valence-electron chi connectivity index (χ4n) is 2.03. The quantitative estimate of drug-likeness (QED) is 0.429. The minimum atomic E-state index is -0.497. The van der Waals surface area contributed by atoms with Crippen LogP contribution in [0.2, 0.25) is 0 Å². The fourth-order valence-corrected chi connectivity index (χ4v) is 2.88. The summed E-state index contributed by atoms with van der Waals surface area (Å²) in [6.45, 7) is 0. The number of nitrogens with one attached hydrogen (secondary N) is 1. The van der Waals surface area contributed by atoms with Gasteiger partial charge in [-0.2, -0.15) is 16.6 Å². The number of hydrogen-bond acceptors (Lipinski definition) is 6. The van der Waals surface area contributed by atoms with Gasteiger partial charge in [0.05, 0.1) is 0 Å². The predicted octanol–water partition coefficient (Wildman–Crippen LogP) is 2.63. The molecule has 110 valence electrons. The van der Waals surface area contributed by atoms with Crippen LogP contribution in [-0.2, 0) is 6.42 Å². The highest BCUT2D eigenvalue weighted by Crippen LogP contribution is 2.24. The van der Waals surface area contributed by atoms with Crippen molar-refractivity contribution in [1.82, 2.24) is 20.6 Å². The van der Waals surface area contributed by atoms with E-state index in [9.17, 15) is 9.90 Å². The number of carbonyl (C=O) groups excluding carboxylic acids is 1. The van der Waals surface area contributed by atoms with E-state index in [1.165, 1.54) is 11.3 Å². The predicted molar refractivity (Wildman–Crippen MR) is 82.7 cm³/mol. The average Bonchev–Trinajstić information content (AvgIpc) is 3.19. The molecule has 0 aliphatic heterocycles. The summed E-state index contributed by atoms with van der Waals surface area (Å²) in [5.41, 5.74) is 2.75. The number of benzene rings is 1. The number of H-pyrrole nitrogens is 1. The number of ketones is 1. The summed E-state index contributed by atoms with van der Waals surface area (Å²) in [5.74, 6) is -0.670. The van der Waals surface area contributed by atoms with Gasteiger partial charge in [-0.1, -0.05) is 30.3 Å². The van der Waals surface area contributed by atoms with Gasteiger partial charge < -0.3 is 5.11 Å². The van der Waals surface area contributed by atoms with Crippen LogP contribution < -0.4 is 0 Å². The van der Waals surface area contributed by atoms with Crippen molar-refractivity contribution >= 4 is 22.9 Å². The lowest BCUT2D eigenvalue weighted by Crippen LogP contribution is -2.00. The molecule has 0 aliphatic carbocycles. The standard InChI is InChI=1S/C15H12N4O2S/c20-13(7-14(21)15-16-18-19-17-15)12-9-22-8-11(12)6-10-4-2-1-3-5-10/h1-5,7-9,20H,6H2,(H,16,17,18,19). The Hall–Kier alpha value is -2.80. The maximum absolute atomic E-state index is 11.9. The van der Waals surface area contributed by atoms with Crippen LogP contribution in [0.15, 0.2) is 47.2 Å². The molecule has 3 rings (SSSR count). The lowest BCUT2D eigenvalue weighted by atomic mass is 10.0. The Morgan fingerprint density at radius 3 is 2.82 bits per heavy atom. The van der Waals surface area contributed by atoms with E-state index in [-0.39, 0.29) is 11.6 Å². The van der Waals surface area contributed by atoms with E-state index in [1.807, 2.05) is 41.1 Å². The summed E-state index contributed by atoms with van der Waals surface area (Å²) < 4.78 is 0. The van der Waals surface area contributed by atoms with Crippen molar-refractivity contribution < 1.29 is 9.90 Å². The number of aliphatic hydroxyl groups is 1. The van der Waals surface area contributed by atoms with Crippen molar-refractivity contribution in [1.29, 1.82) is 0 Å². The Labute approximate surface area is 130 Å². The van der Waals surface area contributed by atoms with Crippen molar-refractivity contribution in [3.8, 4) is 0 Å². The highest BCUT2D eigenvalue weighted by atomic mass is 32.1. The molecule has 22 heavy (non-hydrogen) atoms. The Morgan fingerprint density at radius 2 is 2.09 bits per heavy atom. The number of aromatic nitrogens is 4. The van der Waals surface area contributed by atoms with E-state index in [0.717, 1.165) is 17.2 Å². The zero-order chi connectivity index (χ0) is 15.4. The Kier molecular flexibility index (Phi) is 4.06. The van der Waals surface area contributed by atoms with E-state index >= 15 is 0 Å². The highest BCUT2D eigenvalue weighted by molar-refractivity contribution is 7.08. The fraction of sp³-hybridized carbons (Fsp3) is 0.0667. The summed E-state index contributed by atoms with van der Waals surface area (Å²) >= 11 is 1.48. The van der Waals surface area contributed by atoms with Gasteiger partial charge in [0, 0.05) is 17.0 Å². The number of thiophene rings is 1. The molecule has 0 bridgehead atoms. The molecule has 0 amide bonds. The molecule has 0 aliphatic rings. The van der Waals surface area contributed by atoms with Crippen molar-refractivity contribution in [3.63, 3.8) is 0 Å². The molecule has 0 radical (unpaired) electrons. The van der Waals surface area contributed by atoms with Gasteiger partial charge in [0.1, 0.15) is 5.76 Å². The minimum Gasteiger partial charge on any atom is -0.507 e. The van der Waals surface area contributed by atoms with Crippen molar-refractivity contribution in [2.45, 2.75) is 6.42 Å². The Balaban J connectivity index is 1.83. The second-order valence-electron chi connectivity index (χ2n) is 4.60. The lowest BCUT2D eigenvalue weighted by molar-refractivity contribution is 0.103. The average molecular weight is 312 g/mol. The molecule has 7 heteroatoms. The Morgan fingerprint density at radius 1 is 1.27 bits per heavy atom. The maximum atomic E-state index is 11.9. The molecule has 2 N–H and O–H groups in total. The van der Waals surface area contributed by atoms with Gasteiger partial charge in [-0.25, -0.2) is 0 Å². The number of hydrogen-bond donors (Lipinski definition) is 2. The van der Waals surface area contributed by atoms with Crippen LogP contribution in [0.5, 0.6) is 0 Å². The first-order valence-corrected chi connectivity index (χ1v) is 7.46. The molecular weight excluding hydrogens is 300 g/mol. The van der Waals surface area contributed by atoms with Crippen molar-refractivity contribution in [2.24, 2.45) is 0 Å². The highest BCUT2D eigenvalue weighted by Gasteiger charge is 2.13. The van der Waals surface area contributed by atoms with Gasteiger partial charge in [-0.15, -0.1) is 10.2 Å². The Bertz CT molecular complexity index is 794. The zero-order valence-electron chi connectivity index (χ0n) is 11.4. The van der Waals surface area contributed by atoms with E-state index in [1.54, 1.807) is 0 Å². The van der Waals surface area contributed by atoms with Crippen LogP contribution in [0.4, 0.5) is 0 Å². The van der Waals surface area contributed by atoms with Gasteiger partial charge in [-0.3, -0.25) is 4.79 Å². The largest absolute Gasteiger partial charge is 0.507 e. The third-order valence-corrected chi connectivity index (χ3v) is 3.88. The molecule has 0 atom stereocenters. The monoisotopic (exact) mass is 312 g/mol. The second kappa shape index (κ2) is 6.31. The van der Waals surface area contributed by atoms with Gasteiger partial charge in [0.15, 0.2) is 0 Å². The molecule has 0 unspecified atom stereocenters. The van der Waals surface area contributed by atoms with E-state index < -0.39 is 5.78 Å². The number of aliphatic hydroxyl groups excluding tert-OH is 1. The summed E-state index contributed by atoms with van der Waals surface area (Å²) in [6, 6.07) is 9.94. The van der Waals surface area contributed by atoms with Crippen molar-refractivity contribution in [3.05, 3.63) is 69.7 Å². The number of aromatic amines is 1. The third kappa shape index (κ3) is 3.09. The first-order chi connectivity index (χ1) is 10.7. The van der Waals surface area contributed by atoms with Crippen LogP contribution in [0.25, 0.3) is 5.76 Å². The zero-order valence-corrected chi connectivity index (χ0v) is 12.2. The maximum Gasteiger partial charge on any atom is 0.244 e.